The average molecular weight is 183 g/mol. The van der Waals surface area contributed by atoms with Gasteiger partial charge in [-0.15, -0.1) is 0 Å². The molecule has 5 nitrogen and oxygen atoms in total. The van der Waals surface area contributed by atoms with Gasteiger partial charge in [-0.2, -0.15) is 4.98 Å². The van der Waals surface area contributed by atoms with E-state index >= 15 is 0 Å². The fourth-order valence-electron chi connectivity index (χ4n) is 1.47. The van der Waals surface area contributed by atoms with Gasteiger partial charge in [-0.3, -0.25) is 0 Å². The number of ether oxygens (including phenoxy) is 1. The fourth-order valence-corrected chi connectivity index (χ4v) is 1.47. The third-order valence-electron chi connectivity index (χ3n) is 2.17. The normalized spacial score (nSPS) is 28.2. The average Bonchev–Trinajstić information content (AvgIpc) is 2.71. The summed E-state index contributed by atoms with van der Waals surface area (Å²) in [4.78, 5) is 4.12. The summed E-state index contributed by atoms with van der Waals surface area (Å²) in [7, 11) is 0. The van der Waals surface area contributed by atoms with Crippen molar-refractivity contribution >= 4 is 0 Å². The van der Waals surface area contributed by atoms with Crippen molar-refractivity contribution < 1.29 is 9.26 Å². The predicted octanol–water partition coefficient (Wildman–Crippen LogP) is 0.768. The van der Waals surface area contributed by atoms with Crippen LogP contribution in [0, 0.1) is 0 Å². The molecule has 2 heterocycles. The third kappa shape index (κ3) is 1.71. The lowest BCUT2D eigenvalue weighted by Gasteiger charge is -2.04. The van der Waals surface area contributed by atoms with Crippen LogP contribution in [-0.2, 0) is 11.3 Å². The molecule has 1 aliphatic rings. The first-order chi connectivity index (χ1) is 6.29. The summed E-state index contributed by atoms with van der Waals surface area (Å²) in [5.74, 6) is 1.10. The third-order valence-corrected chi connectivity index (χ3v) is 2.17. The van der Waals surface area contributed by atoms with Crippen molar-refractivity contribution in [2.45, 2.75) is 38.5 Å². The molecule has 72 valence electrons. The van der Waals surface area contributed by atoms with Crippen molar-refractivity contribution in [3.05, 3.63) is 11.7 Å². The Labute approximate surface area is 76.3 Å². The van der Waals surface area contributed by atoms with E-state index in [1.54, 1.807) is 0 Å². The highest BCUT2D eigenvalue weighted by Gasteiger charge is 2.27. The lowest BCUT2D eigenvalue weighted by molar-refractivity contribution is 0.0355. The number of rotatable bonds is 2. The summed E-state index contributed by atoms with van der Waals surface area (Å²) >= 11 is 0. The Bertz CT molecular complexity index is 287. The number of aromatic nitrogens is 2. The topological polar surface area (TPSA) is 74.2 Å². The first-order valence-electron chi connectivity index (χ1n) is 4.47. The molecule has 0 saturated carbocycles. The first kappa shape index (κ1) is 8.65. The molecule has 0 amide bonds. The van der Waals surface area contributed by atoms with E-state index < -0.39 is 0 Å². The van der Waals surface area contributed by atoms with Crippen molar-refractivity contribution in [3.63, 3.8) is 0 Å². The van der Waals surface area contributed by atoms with Crippen LogP contribution in [0.1, 0.15) is 37.6 Å². The van der Waals surface area contributed by atoms with Gasteiger partial charge in [-0.05, 0) is 19.8 Å². The Hall–Kier alpha value is -0.940. The highest BCUT2D eigenvalue weighted by Crippen LogP contribution is 2.31. The summed E-state index contributed by atoms with van der Waals surface area (Å²) < 4.78 is 10.6. The second kappa shape index (κ2) is 3.43. The molecule has 13 heavy (non-hydrogen) atoms. The van der Waals surface area contributed by atoms with Gasteiger partial charge in [0, 0.05) is 0 Å². The molecule has 1 aliphatic heterocycles. The molecule has 1 saturated heterocycles. The van der Waals surface area contributed by atoms with E-state index in [0.717, 1.165) is 12.8 Å². The van der Waals surface area contributed by atoms with Crippen LogP contribution >= 0.6 is 0 Å². The number of nitrogens with zero attached hydrogens (tertiary/aromatic N) is 2. The summed E-state index contributed by atoms with van der Waals surface area (Å²) in [5, 5.41) is 3.71. The van der Waals surface area contributed by atoms with Gasteiger partial charge in [0.25, 0.3) is 5.89 Å². The Morgan fingerprint density at radius 1 is 1.54 bits per heavy atom. The molecule has 0 radical (unpaired) electrons. The molecular weight excluding hydrogens is 170 g/mol. The van der Waals surface area contributed by atoms with Crippen molar-refractivity contribution in [1.29, 1.82) is 0 Å². The molecule has 0 aliphatic carbocycles. The summed E-state index contributed by atoms with van der Waals surface area (Å²) in [6, 6.07) is 0. The molecule has 1 fully saturated rings. The van der Waals surface area contributed by atoms with E-state index in [9.17, 15) is 0 Å². The highest BCUT2D eigenvalue weighted by atomic mass is 16.5. The SMILES string of the molecule is CC1CCC(c2nc(CN)no2)O1. The second-order valence-corrected chi connectivity index (χ2v) is 3.27. The van der Waals surface area contributed by atoms with E-state index in [0.29, 0.717) is 24.4 Å². The standard InChI is InChI=1S/C8H13N3O2/c1-5-2-3-6(12-5)8-10-7(4-9)11-13-8/h5-6H,2-4,9H2,1H3. The number of nitrogens with two attached hydrogens (primary N) is 1. The molecule has 0 bridgehead atoms. The maximum Gasteiger partial charge on any atom is 0.255 e. The molecule has 1 aromatic heterocycles. The Morgan fingerprint density at radius 3 is 2.92 bits per heavy atom. The second-order valence-electron chi connectivity index (χ2n) is 3.27. The minimum absolute atomic E-state index is 0.0252. The predicted molar refractivity (Wildman–Crippen MR) is 44.7 cm³/mol. The zero-order valence-electron chi connectivity index (χ0n) is 7.56. The maximum absolute atomic E-state index is 5.57. The molecule has 0 aromatic carbocycles. The lowest BCUT2D eigenvalue weighted by Crippen LogP contribution is -2.02. The quantitative estimate of drug-likeness (QED) is 0.733. The van der Waals surface area contributed by atoms with Gasteiger partial charge in [0.1, 0.15) is 6.10 Å². The van der Waals surface area contributed by atoms with Crippen LogP contribution < -0.4 is 5.73 Å². The van der Waals surface area contributed by atoms with E-state index in [2.05, 4.69) is 10.1 Å². The number of hydrogen-bond acceptors (Lipinski definition) is 5. The molecular formula is C8H13N3O2. The van der Waals surface area contributed by atoms with Crippen molar-refractivity contribution in [2.75, 3.05) is 0 Å². The first-order valence-corrected chi connectivity index (χ1v) is 4.47. The minimum atomic E-state index is -0.0252. The highest BCUT2D eigenvalue weighted by molar-refractivity contribution is 4.92. The van der Waals surface area contributed by atoms with Crippen LogP contribution in [0.15, 0.2) is 4.52 Å². The molecule has 2 unspecified atom stereocenters. The summed E-state index contributed by atoms with van der Waals surface area (Å²) in [6.07, 6.45) is 2.26. The molecule has 2 N–H and O–H groups in total. The van der Waals surface area contributed by atoms with E-state index in [1.165, 1.54) is 0 Å². The monoisotopic (exact) mass is 183 g/mol. The van der Waals surface area contributed by atoms with Crippen LogP contribution in [0.3, 0.4) is 0 Å². The Morgan fingerprint density at radius 2 is 2.38 bits per heavy atom. The maximum atomic E-state index is 5.57. The fraction of sp³-hybridized carbons (Fsp3) is 0.750. The van der Waals surface area contributed by atoms with Crippen molar-refractivity contribution in [1.82, 2.24) is 10.1 Å². The zero-order chi connectivity index (χ0) is 9.26. The van der Waals surface area contributed by atoms with Crippen LogP contribution in [0.2, 0.25) is 0 Å². The summed E-state index contributed by atoms with van der Waals surface area (Å²) in [6.45, 7) is 2.35. The molecule has 2 atom stereocenters. The zero-order valence-corrected chi connectivity index (χ0v) is 7.56. The van der Waals surface area contributed by atoms with E-state index in [-0.39, 0.29) is 6.10 Å². The Balaban J connectivity index is 2.08. The van der Waals surface area contributed by atoms with Gasteiger partial charge >= 0.3 is 0 Å². The van der Waals surface area contributed by atoms with Crippen molar-refractivity contribution in [2.24, 2.45) is 5.73 Å². The van der Waals surface area contributed by atoms with Gasteiger partial charge in [-0.1, -0.05) is 5.16 Å². The van der Waals surface area contributed by atoms with Gasteiger partial charge < -0.3 is 15.0 Å². The molecule has 5 heteroatoms. The number of hydrogen-bond donors (Lipinski definition) is 1. The van der Waals surface area contributed by atoms with Gasteiger partial charge in [0.15, 0.2) is 5.82 Å². The van der Waals surface area contributed by atoms with Crippen LogP contribution in [0.4, 0.5) is 0 Å². The Kier molecular flexibility index (Phi) is 2.28. The van der Waals surface area contributed by atoms with Crippen LogP contribution in [0.25, 0.3) is 0 Å². The summed E-state index contributed by atoms with van der Waals surface area (Å²) in [5.41, 5.74) is 5.36. The van der Waals surface area contributed by atoms with Crippen LogP contribution in [0.5, 0.6) is 0 Å². The van der Waals surface area contributed by atoms with E-state index in [1.807, 2.05) is 6.92 Å². The molecule has 1 aromatic rings. The van der Waals surface area contributed by atoms with E-state index in [4.69, 9.17) is 15.0 Å². The van der Waals surface area contributed by atoms with Gasteiger partial charge in [0.2, 0.25) is 0 Å². The lowest BCUT2D eigenvalue weighted by atomic mass is 10.2. The molecule has 0 spiro atoms. The minimum Gasteiger partial charge on any atom is -0.365 e. The smallest absolute Gasteiger partial charge is 0.255 e. The van der Waals surface area contributed by atoms with Crippen molar-refractivity contribution in [3.8, 4) is 0 Å². The molecule has 2 rings (SSSR count). The van der Waals surface area contributed by atoms with Gasteiger partial charge in [0.05, 0.1) is 12.6 Å². The van der Waals surface area contributed by atoms with Gasteiger partial charge in [-0.25, -0.2) is 0 Å². The largest absolute Gasteiger partial charge is 0.365 e. The van der Waals surface area contributed by atoms with Crippen LogP contribution in [-0.4, -0.2) is 16.2 Å².